The first-order valence-electron chi connectivity index (χ1n) is 8.63. The highest BCUT2D eigenvalue weighted by Gasteiger charge is 2.22. The van der Waals surface area contributed by atoms with Crippen molar-refractivity contribution in [1.29, 1.82) is 0 Å². The first kappa shape index (κ1) is 15.1. The van der Waals surface area contributed by atoms with Crippen molar-refractivity contribution in [1.82, 2.24) is 24.4 Å². The van der Waals surface area contributed by atoms with E-state index in [1.807, 2.05) is 30.7 Å². The van der Waals surface area contributed by atoms with Crippen LogP contribution in [-0.2, 0) is 6.54 Å². The van der Waals surface area contributed by atoms with Crippen molar-refractivity contribution >= 4 is 0 Å². The van der Waals surface area contributed by atoms with Crippen molar-refractivity contribution in [3.63, 3.8) is 0 Å². The fourth-order valence-corrected chi connectivity index (χ4v) is 3.63. The molecule has 1 aliphatic rings. The Balaban J connectivity index is 1.66. The Morgan fingerprint density at radius 2 is 2.08 bits per heavy atom. The molecule has 5 heteroatoms. The second-order valence-corrected chi connectivity index (χ2v) is 6.50. The third-order valence-electron chi connectivity index (χ3n) is 4.98. The number of aryl methyl sites for hydroxylation is 1. The van der Waals surface area contributed by atoms with E-state index in [0.29, 0.717) is 6.04 Å². The van der Waals surface area contributed by atoms with Gasteiger partial charge in [-0.25, -0.2) is 9.97 Å². The number of nitrogens with zero attached hydrogens (tertiary/aromatic N) is 4. The lowest BCUT2D eigenvalue weighted by Gasteiger charge is -2.19. The molecule has 1 N–H and O–H groups in total. The van der Waals surface area contributed by atoms with Gasteiger partial charge in [-0.1, -0.05) is 30.3 Å². The average Bonchev–Trinajstić information content (AvgIpc) is 3.34. The molecule has 3 aromatic rings. The molecule has 1 aromatic carbocycles. The first-order valence-corrected chi connectivity index (χ1v) is 8.63. The highest BCUT2D eigenvalue weighted by molar-refractivity contribution is 5.75. The maximum Gasteiger partial charge on any atom is 0.156 e. The van der Waals surface area contributed by atoms with Crippen LogP contribution >= 0.6 is 0 Å². The van der Waals surface area contributed by atoms with Gasteiger partial charge >= 0.3 is 0 Å². The topological polar surface area (TPSA) is 49.7 Å². The quantitative estimate of drug-likeness (QED) is 0.783. The maximum absolute atomic E-state index is 4.70. The Bertz CT molecular complexity index is 775. The number of H-pyrrole nitrogens is 1. The summed E-state index contributed by atoms with van der Waals surface area (Å²) in [6, 6.07) is 11.0. The third-order valence-corrected chi connectivity index (χ3v) is 4.98. The van der Waals surface area contributed by atoms with Crippen molar-refractivity contribution in [3.05, 3.63) is 49.1 Å². The smallest absolute Gasteiger partial charge is 0.156 e. The predicted octanol–water partition coefficient (Wildman–Crippen LogP) is 3.42. The SMILES string of the molecule is CN1CCCC1CCn1cnc(-c2ccccc2)c1-c1ncc[nH]1. The van der Waals surface area contributed by atoms with Crippen LogP contribution in [0, 0.1) is 0 Å². The van der Waals surface area contributed by atoms with E-state index in [4.69, 9.17) is 4.98 Å². The lowest BCUT2D eigenvalue weighted by Crippen LogP contribution is -2.26. The molecule has 0 bridgehead atoms. The van der Waals surface area contributed by atoms with E-state index in [1.54, 1.807) is 6.20 Å². The highest BCUT2D eigenvalue weighted by atomic mass is 15.2. The molecule has 1 aliphatic heterocycles. The molecule has 1 fully saturated rings. The van der Waals surface area contributed by atoms with Gasteiger partial charge in [0.1, 0.15) is 5.69 Å². The largest absolute Gasteiger partial charge is 0.343 e. The normalized spacial score (nSPS) is 18.3. The number of hydrogen-bond donors (Lipinski definition) is 1. The zero-order chi connectivity index (χ0) is 16.4. The molecule has 1 saturated heterocycles. The molecule has 3 heterocycles. The van der Waals surface area contributed by atoms with E-state index in [1.165, 1.54) is 19.4 Å². The minimum Gasteiger partial charge on any atom is -0.343 e. The van der Waals surface area contributed by atoms with E-state index < -0.39 is 0 Å². The van der Waals surface area contributed by atoms with Gasteiger partial charge in [-0.3, -0.25) is 0 Å². The summed E-state index contributed by atoms with van der Waals surface area (Å²) in [7, 11) is 2.23. The summed E-state index contributed by atoms with van der Waals surface area (Å²) in [6.45, 7) is 2.18. The van der Waals surface area contributed by atoms with Gasteiger partial charge < -0.3 is 14.5 Å². The Morgan fingerprint density at radius 3 is 2.79 bits per heavy atom. The molecule has 0 radical (unpaired) electrons. The van der Waals surface area contributed by atoms with Gasteiger partial charge in [-0.15, -0.1) is 0 Å². The van der Waals surface area contributed by atoms with Crippen molar-refractivity contribution < 1.29 is 0 Å². The molecule has 124 valence electrons. The lowest BCUT2D eigenvalue weighted by atomic mass is 10.1. The molecule has 1 unspecified atom stereocenters. The molecule has 0 saturated carbocycles. The molecule has 0 spiro atoms. The third kappa shape index (κ3) is 2.87. The average molecular weight is 321 g/mol. The van der Waals surface area contributed by atoms with E-state index >= 15 is 0 Å². The van der Waals surface area contributed by atoms with Gasteiger partial charge in [-0.05, 0) is 32.9 Å². The van der Waals surface area contributed by atoms with E-state index in [0.717, 1.165) is 35.7 Å². The second kappa shape index (κ2) is 6.61. The summed E-state index contributed by atoms with van der Waals surface area (Å²) >= 11 is 0. The Morgan fingerprint density at radius 1 is 1.21 bits per heavy atom. The van der Waals surface area contributed by atoms with Gasteiger partial charge in [0, 0.05) is 30.5 Å². The summed E-state index contributed by atoms with van der Waals surface area (Å²) in [5, 5.41) is 0. The molecular formula is C19H23N5. The van der Waals surface area contributed by atoms with Crippen molar-refractivity contribution in [2.45, 2.75) is 31.8 Å². The molecule has 4 rings (SSSR count). The Labute approximate surface area is 142 Å². The van der Waals surface area contributed by atoms with Gasteiger partial charge in [0.25, 0.3) is 0 Å². The fraction of sp³-hybridized carbons (Fsp3) is 0.368. The number of likely N-dealkylation sites (tertiary alicyclic amines) is 1. The van der Waals surface area contributed by atoms with Crippen LogP contribution < -0.4 is 0 Å². The number of imidazole rings is 2. The number of aromatic nitrogens is 4. The Kier molecular flexibility index (Phi) is 4.17. The zero-order valence-corrected chi connectivity index (χ0v) is 14.0. The van der Waals surface area contributed by atoms with Crippen LogP contribution in [0.5, 0.6) is 0 Å². The summed E-state index contributed by atoms with van der Waals surface area (Å²) < 4.78 is 2.24. The molecule has 24 heavy (non-hydrogen) atoms. The summed E-state index contributed by atoms with van der Waals surface area (Å²) in [5.74, 6) is 0.881. The molecule has 0 aliphatic carbocycles. The lowest BCUT2D eigenvalue weighted by molar-refractivity contribution is 0.286. The summed E-state index contributed by atoms with van der Waals surface area (Å²) in [4.78, 5) is 14.9. The van der Waals surface area contributed by atoms with Gasteiger partial charge in [-0.2, -0.15) is 0 Å². The van der Waals surface area contributed by atoms with Crippen LogP contribution in [0.4, 0.5) is 0 Å². The van der Waals surface area contributed by atoms with E-state index in [2.05, 4.69) is 38.6 Å². The molecule has 5 nitrogen and oxygen atoms in total. The number of benzene rings is 1. The molecule has 1 atom stereocenters. The van der Waals surface area contributed by atoms with Gasteiger partial charge in [0.2, 0.25) is 0 Å². The number of rotatable bonds is 5. The van der Waals surface area contributed by atoms with E-state index in [9.17, 15) is 0 Å². The second-order valence-electron chi connectivity index (χ2n) is 6.50. The monoisotopic (exact) mass is 321 g/mol. The first-order chi connectivity index (χ1) is 11.8. The van der Waals surface area contributed by atoms with Crippen molar-refractivity contribution in [2.75, 3.05) is 13.6 Å². The maximum atomic E-state index is 4.70. The van der Waals surface area contributed by atoms with Crippen LogP contribution in [0.3, 0.4) is 0 Å². The van der Waals surface area contributed by atoms with Crippen LogP contribution in [-0.4, -0.2) is 44.1 Å². The molecule has 2 aromatic heterocycles. The van der Waals surface area contributed by atoms with Gasteiger partial charge in [0.05, 0.1) is 12.0 Å². The Hall–Kier alpha value is -2.40. The summed E-state index contributed by atoms with van der Waals surface area (Å²) in [5.41, 5.74) is 3.19. The highest BCUT2D eigenvalue weighted by Crippen LogP contribution is 2.30. The van der Waals surface area contributed by atoms with Crippen molar-refractivity contribution in [3.8, 4) is 22.8 Å². The fourth-order valence-electron chi connectivity index (χ4n) is 3.63. The number of hydrogen-bond acceptors (Lipinski definition) is 3. The standard InChI is InChI=1S/C19H23N5/c1-23-12-5-8-16(23)9-13-24-14-22-17(15-6-3-2-4-7-15)18(24)19-20-10-11-21-19/h2-4,6-7,10-11,14,16H,5,8-9,12-13H2,1H3,(H,20,21). The van der Waals surface area contributed by atoms with Crippen LogP contribution in [0.15, 0.2) is 49.1 Å². The van der Waals surface area contributed by atoms with Crippen LogP contribution in [0.25, 0.3) is 22.8 Å². The number of aromatic amines is 1. The minimum absolute atomic E-state index is 0.678. The number of nitrogens with one attached hydrogen (secondary N) is 1. The minimum atomic E-state index is 0.678. The molecular weight excluding hydrogens is 298 g/mol. The summed E-state index contributed by atoms with van der Waals surface area (Å²) in [6.07, 6.45) is 9.38. The van der Waals surface area contributed by atoms with Gasteiger partial charge in [0.15, 0.2) is 5.82 Å². The van der Waals surface area contributed by atoms with Crippen LogP contribution in [0.1, 0.15) is 19.3 Å². The zero-order valence-electron chi connectivity index (χ0n) is 14.0. The molecule has 0 amide bonds. The van der Waals surface area contributed by atoms with Crippen molar-refractivity contribution in [2.24, 2.45) is 0 Å². The predicted molar refractivity (Wildman–Crippen MR) is 95.5 cm³/mol. The van der Waals surface area contributed by atoms with E-state index in [-0.39, 0.29) is 0 Å². The van der Waals surface area contributed by atoms with Crippen LogP contribution in [0.2, 0.25) is 0 Å².